The molecule has 9 nitrogen and oxygen atoms in total. The van der Waals surface area contributed by atoms with Crippen molar-refractivity contribution in [3.8, 4) is 11.5 Å². The zero-order valence-corrected chi connectivity index (χ0v) is 18.0. The molecule has 2 aromatic carbocycles. The first kappa shape index (κ1) is 22.8. The van der Waals surface area contributed by atoms with Crippen molar-refractivity contribution in [2.45, 2.75) is 32.7 Å². The molecule has 0 spiro atoms. The van der Waals surface area contributed by atoms with E-state index >= 15 is 0 Å². The van der Waals surface area contributed by atoms with Crippen LogP contribution < -0.4 is 25.5 Å². The molecule has 0 aliphatic heterocycles. The second kappa shape index (κ2) is 10.9. The third-order valence-electron chi connectivity index (χ3n) is 4.54. The minimum atomic E-state index is -0.821. The SMILES string of the molecule is CCOc1cc(/C=N\NC(=O)C(=O)NC2CC2)ccc1OCC(=O)Nc1ccccc1C. The Morgan fingerprint density at radius 3 is 2.56 bits per heavy atom. The summed E-state index contributed by atoms with van der Waals surface area (Å²) in [5.41, 5.74) is 4.49. The maximum absolute atomic E-state index is 12.2. The van der Waals surface area contributed by atoms with Crippen molar-refractivity contribution in [1.82, 2.24) is 10.7 Å². The number of amides is 3. The van der Waals surface area contributed by atoms with Crippen LogP contribution >= 0.6 is 0 Å². The molecule has 0 aromatic heterocycles. The van der Waals surface area contributed by atoms with Crippen LogP contribution in [0.5, 0.6) is 11.5 Å². The van der Waals surface area contributed by atoms with Crippen LogP contribution in [0.15, 0.2) is 47.6 Å². The van der Waals surface area contributed by atoms with Crippen LogP contribution in [0.25, 0.3) is 0 Å². The summed E-state index contributed by atoms with van der Waals surface area (Å²) in [5, 5.41) is 9.20. The molecule has 2 aromatic rings. The second-order valence-corrected chi connectivity index (χ2v) is 7.24. The number of hydrazone groups is 1. The maximum Gasteiger partial charge on any atom is 0.329 e. The number of ether oxygens (including phenoxy) is 2. The molecule has 32 heavy (non-hydrogen) atoms. The Morgan fingerprint density at radius 2 is 1.84 bits per heavy atom. The number of nitrogens with zero attached hydrogens (tertiary/aromatic N) is 1. The van der Waals surface area contributed by atoms with Crippen LogP contribution in [-0.2, 0) is 14.4 Å². The molecule has 1 aliphatic carbocycles. The van der Waals surface area contributed by atoms with Crippen LogP contribution in [0, 0.1) is 6.92 Å². The summed E-state index contributed by atoms with van der Waals surface area (Å²) in [6.45, 7) is 3.94. The first-order valence-corrected chi connectivity index (χ1v) is 10.3. The van der Waals surface area contributed by atoms with E-state index in [2.05, 4.69) is 21.2 Å². The first-order chi connectivity index (χ1) is 15.5. The lowest BCUT2D eigenvalue weighted by molar-refractivity contribution is -0.139. The number of rotatable bonds is 9. The van der Waals surface area contributed by atoms with Crippen LogP contribution in [0.4, 0.5) is 5.69 Å². The van der Waals surface area contributed by atoms with Gasteiger partial charge in [-0.3, -0.25) is 14.4 Å². The van der Waals surface area contributed by atoms with Gasteiger partial charge in [-0.15, -0.1) is 0 Å². The molecule has 0 radical (unpaired) electrons. The van der Waals surface area contributed by atoms with Crippen molar-refractivity contribution in [1.29, 1.82) is 0 Å². The fraction of sp³-hybridized carbons (Fsp3) is 0.304. The third-order valence-corrected chi connectivity index (χ3v) is 4.54. The van der Waals surface area contributed by atoms with Gasteiger partial charge in [-0.05, 0) is 62.1 Å². The van der Waals surface area contributed by atoms with Gasteiger partial charge in [0.05, 0.1) is 12.8 Å². The number of carbonyl (C=O) groups is 3. The molecule has 0 bridgehead atoms. The number of nitrogens with one attached hydrogen (secondary N) is 3. The van der Waals surface area contributed by atoms with Gasteiger partial charge in [0.1, 0.15) is 0 Å². The van der Waals surface area contributed by atoms with Crippen molar-refractivity contribution in [2.24, 2.45) is 5.10 Å². The number of hydrogen-bond donors (Lipinski definition) is 3. The van der Waals surface area contributed by atoms with Crippen molar-refractivity contribution >= 4 is 29.6 Å². The lowest BCUT2D eigenvalue weighted by Gasteiger charge is -2.13. The van der Waals surface area contributed by atoms with E-state index < -0.39 is 11.8 Å². The van der Waals surface area contributed by atoms with E-state index in [0.29, 0.717) is 23.7 Å². The predicted molar refractivity (Wildman–Crippen MR) is 120 cm³/mol. The molecular weight excluding hydrogens is 412 g/mol. The van der Waals surface area contributed by atoms with E-state index in [-0.39, 0.29) is 18.6 Å². The van der Waals surface area contributed by atoms with Gasteiger partial charge in [0, 0.05) is 11.7 Å². The van der Waals surface area contributed by atoms with Crippen molar-refractivity contribution in [3.63, 3.8) is 0 Å². The van der Waals surface area contributed by atoms with E-state index in [1.54, 1.807) is 18.2 Å². The average Bonchev–Trinajstić information content (AvgIpc) is 3.59. The number of anilines is 1. The van der Waals surface area contributed by atoms with E-state index in [0.717, 1.165) is 24.1 Å². The first-order valence-electron chi connectivity index (χ1n) is 10.3. The lowest BCUT2D eigenvalue weighted by atomic mass is 10.2. The second-order valence-electron chi connectivity index (χ2n) is 7.24. The van der Waals surface area contributed by atoms with Gasteiger partial charge in [-0.1, -0.05) is 18.2 Å². The van der Waals surface area contributed by atoms with Gasteiger partial charge < -0.3 is 20.1 Å². The molecule has 9 heteroatoms. The average molecular weight is 438 g/mol. The topological polar surface area (TPSA) is 118 Å². The van der Waals surface area contributed by atoms with Gasteiger partial charge >= 0.3 is 11.8 Å². The number of benzene rings is 2. The molecule has 1 aliphatic rings. The third kappa shape index (κ3) is 6.83. The van der Waals surface area contributed by atoms with Gasteiger partial charge in [0.2, 0.25) is 0 Å². The summed E-state index contributed by atoms with van der Waals surface area (Å²) in [6.07, 6.45) is 3.18. The molecule has 1 fully saturated rings. The van der Waals surface area contributed by atoms with E-state index in [1.807, 2.05) is 38.1 Å². The number of hydrogen-bond acceptors (Lipinski definition) is 6. The Morgan fingerprint density at radius 1 is 1.06 bits per heavy atom. The fourth-order valence-electron chi connectivity index (χ4n) is 2.73. The molecule has 3 N–H and O–H groups in total. The Balaban J connectivity index is 1.56. The molecule has 0 heterocycles. The number of para-hydroxylation sites is 1. The monoisotopic (exact) mass is 438 g/mol. The number of aryl methyl sites for hydroxylation is 1. The highest BCUT2D eigenvalue weighted by Crippen LogP contribution is 2.28. The van der Waals surface area contributed by atoms with Crippen molar-refractivity contribution < 1.29 is 23.9 Å². The largest absolute Gasteiger partial charge is 0.490 e. The number of carbonyl (C=O) groups excluding carboxylic acids is 3. The maximum atomic E-state index is 12.2. The lowest BCUT2D eigenvalue weighted by Crippen LogP contribution is -2.38. The molecular formula is C23H26N4O5. The van der Waals surface area contributed by atoms with Gasteiger partial charge in [-0.2, -0.15) is 5.10 Å². The zero-order chi connectivity index (χ0) is 22.9. The van der Waals surface area contributed by atoms with E-state index in [9.17, 15) is 14.4 Å². The molecule has 3 rings (SSSR count). The quantitative estimate of drug-likeness (QED) is 0.315. The van der Waals surface area contributed by atoms with Crippen molar-refractivity contribution in [2.75, 3.05) is 18.5 Å². The van der Waals surface area contributed by atoms with Gasteiger partial charge in [-0.25, -0.2) is 5.43 Å². The highest BCUT2D eigenvalue weighted by Gasteiger charge is 2.26. The Kier molecular flexibility index (Phi) is 7.80. The van der Waals surface area contributed by atoms with Crippen LogP contribution in [0.2, 0.25) is 0 Å². The van der Waals surface area contributed by atoms with E-state index in [1.165, 1.54) is 6.21 Å². The smallest absolute Gasteiger partial charge is 0.329 e. The minimum absolute atomic E-state index is 0.0947. The summed E-state index contributed by atoms with van der Waals surface area (Å²) in [5.74, 6) is -0.987. The molecule has 1 saturated carbocycles. The van der Waals surface area contributed by atoms with Crippen LogP contribution in [-0.4, -0.2) is 43.2 Å². The molecule has 0 saturated heterocycles. The minimum Gasteiger partial charge on any atom is -0.490 e. The van der Waals surface area contributed by atoms with Crippen LogP contribution in [0.3, 0.4) is 0 Å². The summed E-state index contributed by atoms with van der Waals surface area (Å²) >= 11 is 0. The Bertz CT molecular complexity index is 1020. The molecule has 0 unspecified atom stereocenters. The predicted octanol–water partition coefficient (Wildman–Crippen LogP) is 2.14. The summed E-state index contributed by atoms with van der Waals surface area (Å²) in [6, 6.07) is 12.6. The van der Waals surface area contributed by atoms with Crippen molar-refractivity contribution in [3.05, 3.63) is 53.6 Å². The summed E-state index contributed by atoms with van der Waals surface area (Å²) in [7, 11) is 0. The standard InChI is InChI=1S/C23H26N4O5/c1-3-31-20-12-16(13-24-27-23(30)22(29)25-17-9-10-17)8-11-19(20)32-14-21(28)26-18-7-5-4-6-15(18)2/h4-8,11-13,17H,3,9-10,14H2,1-2H3,(H,25,29)(H,26,28)(H,27,30)/b24-13-. The summed E-state index contributed by atoms with van der Waals surface area (Å²) < 4.78 is 11.2. The highest BCUT2D eigenvalue weighted by atomic mass is 16.5. The molecule has 3 amide bonds. The van der Waals surface area contributed by atoms with E-state index in [4.69, 9.17) is 9.47 Å². The normalized spacial score (nSPS) is 12.8. The molecule has 168 valence electrons. The zero-order valence-electron chi connectivity index (χ0n) is 18.0. The highest BCUT2D eigenvalue weighted by molar-refractivity contribution is 6.35. The Hall–Kier alpha value is -3.88. The van der Waals surface area contributed by atoms with Gasteiger partial charge in [0.15, 0.2) is 18.1 Å². The summed E-state index contributed by atoms with van der Waals surface area (Å²) in [4.78, 5) is 35.6. The van der Waals surface area contributed by atoms with Gasteiger partial charge in [0.25, 0.3) is 5.91 Å². The molecule has 0 atom stereocenters. The Labute approximate surface area is 186 Å². The fourth-order valence-corrected chi connectivity index (χ4v) is 2.73. The van der Waals surface area contributed by atoms with Crippen LogP contribution in [0.1, 0.15) is 30.9 Å².